The molecule has 4 rings (SSSR count). The fourth-order valence-corrected chi connectivity index (χ4v) is 3.40. The van der Waals surface area contributed by atoms with Crippen molar-refractivity contribution in [2.24, 2.45) is 7.05 Å². The Hall–Kier alpha value is -3.28. The minimum atomic E-state index is 0.0843. The van der Waals surface area contributed by atoms with Crippen LogP contribution >= 0.6 is 0 Å². The van der Waals surface area contributed by atoms with Gasteiger partial charge in [-0.15, -0.1) is 0 Å². The summed E-state index contributed by atoms with van der Waals surface area (Å²) in [5.74, 6) is 1.05. The average molecular weight is 361 g/mol. The Labute approximate surface area is 159 Å². The van der Waals surface area contributed by atoms with Gasteiger partial charge in [0.1, 0.15) is 5.82 Å². The van der Waals surface area contributed by atoms with Crippen LogP contribution in [0.5, 0.6) is 0 Å². The minimum Gasteiger partial charge on any atom is -0.356 e. The van der Waals surface area contributed by atoms with E-state index in [0.717, 1.165) is 28.3 Å². The number of aromatic nitrogens is 2. The maximum absolute atomic E-state index is 12.9. The third-order valence-electron chi connectivity index (χ3n) is 4.89. The summed E-state index contributed by atoms with van der Waals surface area (Å²) in [6, 6.07) is 18.1. The molecule has 0 fully saturated rings. The van der Waals surface area contributed by atoms with Crippen molar-refractivity contribution in [3.8, 4) is 0 Å². The molecule has 0 spiro atoms. The van der Waals surface area contributed by atoms with E-state index in [0.29, 0.717) is 19.6 Å². The molecule has 3 aromatic rings. The van der Waals surface area contributed by atoms with E-state index in [1.807, 2.05) is 79.6 Å². The van der Waals surface area contributed by atoms with Gasteiger partial charge in [-0.3, -0.25) is 9.48 Å². The first kappa shape index (κ1) is 17.1. The van der Waals surface area contributed by atoms with E-state index in [-0.39, 0.29) is 5.91 Å². The number of anilines is 3. The summed E-state index contributed by atoms with van der Waals surface area (Å²) in [6.45, 7) is 1.56. The lowest BCUT2D eigenvalue weighted by Crippen LogP contribution is -2.37. The molecule has 0 aliphatic carbocycles. The van der Waals surface area contributed by atoms with Gasteiger partial charge in [0.05, 0.1) is 24.1 Å². The molecule has 6 heteroatoms. The number of fused-ring (bicyclic) bond motifs is 2. The topological polar surface area (TPSA) is 53.4 Å². The van der Waals surface area contributed by atoms with Crippen molar-refractivity contribution in [3.05, 3.63) is 71.9 Å². The smallest absolute Gasteiger partial charge is 0.242 e. The van der Waals surface area contributed by atoms with Crippen molar-refractivity contribution < 1.29 is 4.79 Å². The fraction of sp³-hybridized carbons (Fsp3) is 0.238. The Kier molecular flexibility index (Phi) is 4.54. The molecular weight excluding hydrogens is 338 g/mol. The molecule has 1 aliphatic heterocycles. The molecule has 6 nitrogen and oxygen atoms in total. The van der Waals surface area contributed by atoms with Crippen molar-refractivity contribution in [1.82, 2.24) is 14.7 Å². The van der Waals surface area contributed by atoms with Crippen LogP contribution in [-0.2, 0) is 24.9 Å². The lowest BCUT2D eigenvalue weighted by atomic mass is 10.2. The molecular formula is C21H23N5O. The van der Waals surface area contributed by atoms with E-state index in [9.17, 15) is 4.79 Å². The second-order valence-corrected chi connectivity index (χ2v) is 6.88. The van der Waals surface area contributed by atoms with Crippen LogP contribution in [0.3, 0.4) is 0 Å². The Bertz CT molecular complexity index is 950. The average Bonchev–Trinajstić information content (AvgIpc) is 2.93. The van der Waals surface area contributed by atoms with Crippen molar-refractivity contribution >= 4 is 23.1 Å². The summed E-state index contributed by atoms with van der Waals surface area (Å²) in [5, 5.41) is 7.81. The van der Waals surface area contributed by atoms with E-state index >= 15 is 0 Å². The molecule has 0 unspecified atom stereocenters. The second-order valence-electron chi connectivity index (χ2n) is 6.88. The van der Waals surface area contributed by atoms with Gasteiger partial charge in [-0.05, 0) is 17.7 Å². The quantitative estimate of drug-likeness (QED) is 0.776. The molecule has 0 radical (unpaired) electrons. The van der Waals surface area contributed by atoms with Gasteiger partial charge in [-0.1, -0.05) is 42.5 Å². The van der Waals surface area contributed by atoms with Crippen LogP contribution in [0.25, 0.3) is 0 Å². The number of carbonyl (C=O) groups is 1. The molecule has 27 heavy (non-hydrogen) atoms. The standard InChI is InChI=1S/C21H23N5O/c1-24(13-16-8-4-3-5-9-16)20(27)15-26-14-17-12-22-25(2)21(17)23-18-10-6-7-11-19(18)26/h3-12,23H,13-15H2,1-2H3. The van der Waals surface area contributed by atoms with Gasteiger partial charge in [-0.2, -0.15) is 5.10 Å². The first-order valence-corrected chi connectivity index (χ1v) is 9.01. The number of benzene rings is 2. The van der Waals surface area contributed by atoms with Crippen LogP contribution in [0.15, 0.2) is 60.8 Å². The summed E-state index contributed by atoms with van der Waals surface area (Å²) in [7, 11) is 3.77. The highest BCUT2D eigenvalue weighted by molar-refractivity contribution is 5.85. The Morgan fingerprint density at radius 3 is 2.70 bits per heavy atom. The number of hydrogen-bond donors (Lipinski definition) is 1. The number of carbonyl (C=O) groups excluding carboxylic acids is 1. The molecule has 1 aliphatic rings. The van der Waals surface area contributed by atoms with Crippen molar-refractivity contribution in [2.45, 2.75) is 13.1 Å². The summed E-state index contributed by atoms with van der Waals surface area (Å²) < 4.78 is 1.83. The Morgan fingerprint density at radius 2 is 1.89 bits per heavy atom. The van der Waals surface area contributed by atoms with Gasteiger partial charge in [0, 0.05) is 32.7 Å². The Balaban J connectivity index is 1.56. The zero-order chi connectivity index (χ0) is 18.8. The second kappa shape index (κ2) is 7.15. The molecule has 0 bridgehead atoms. The van der Waals surface area contributed by atoms with E-state index < -0.39 is 0 Å². The summed E-state index contributed by atoms with van der Waals surface area (Å²) in [4.78, 5) is 16.8. The predicted molar refractivity (Wildman–Crippen MR) is 107 cm³/mol. The van der Waals surface area contributed by atoms with Gasteiger partial charge in [0.15, 0.2) is 0 Å². The van der Waals surface area contributed by atoms with Crippen molar-refractivity contribution in [2.75, 3.05) is 23.8 Å². The van der Waals surface area contributed by atoms with Crippen molar-refractivity contribution in [3.63, 3.8) is 0 Å². The SMILES string of the molecule is CN(Cc1ccccc1)C(=O)CN1Cc2cnn(C)c2Nc2ccccc21. The largest absolute Gasteiger partial charge is 0.356 e. The van der Waals surface area contributed by atoms with Gasteiger partial charge in [0.2, 0.25) is 5.91 Å². The molecule has 1 amide bonds. The van der Waals surface area contributed by atoms with Crippen LogP contribution < -0.4 is 10.2 Å². The number of hydrogen-bond acceptors (Lipinski definition) is 4. The molecule has 2 aromatic carbocycles. The number of nitrogens with one attached hydrogen (secondary N) is 1. The van der Waals surface area contributed by atoms with Crippen LogP contribution in [0.4, 0.5) is 17.2 Å². The van der Waals surface area contributed by atoms with E-state index in [1.54, 1.807) is 4.90 Å². The Morgan fingerprint density at radius 1 is 1.15 bits per heavy atom. The van der Waals surface area contributed by atoms with Crippen molar-refractivity contribution in [1.29, 1.82) is 0 Å². The highest BCUT2D eigenvalue weighted by Crippen LogP contribution is 2.35. The highest BCUT2D eigenvalue weighted by atomic mass is 16.2. The maximum atomic E-state index is 12.9. The van der Waals surface area contributed by atoms with E-state index in [2.05, 4.69) is 15.3 Å². The van der Waals surface area contributed by atoms with Gasteiger partial charge >= 0.3 is 0 Å². The lowest BCUT2D eigenvalue weighted by Gasteiger charge is -2.26. The lowest BCUT2D eigenvalue weighted by molar-refractivity contribution is -0.129. The summed E-state index contributed by atoms with van der Waals surface area (Å²) >= 11 is 0. The number of aryl methyl sites for hydroxylation is 1. The van der Waals surface area contributed by atoms with Crippen LogP contribution in [-0.4, -0.2) is 34.2 Å². The van der Waals surface area contributed by atoms with Crippen LogP contribution in [0.1, 0.15) is 11.1 Å². The number of para-hydroxylation sites is 2. The normalized spacial score (nSPS) is 12.6. The third-order valence-corrected chi connectivity index (χ3v) is 4.89. The first-order chi connectivity index (χ1) is 13.1. The molecule has 1 aromatic heterocycles. The van der Waals surface area contributed by atoms with Gasteiger partial charge in [-0.25, -0.2) is 0 Å². The van der Waals surface area contributed by atoms with Gasteiger partial charge in [0.25, 0.3) is 0 Å². The molecule has 0 atom stereocenters. The summed E-state index contributed by atoms with van der Waals surface area (Å²) in [6.07, 6.45) is 1.86. The highest BCUT2D eigenvalue weighted by Gasteiger charge is 2.24. The zero-order valence-corrected chi connectivity index (χ0v) is 15.6. The van der Waals surface area contributed by atoms with Crippen LogP contribution in [0, 0.1) is 0 Å². The number of amides is 1. The van der Waals surface area contributed by atoms with E-state index in [1.165, 1.54) is 0 Å². The molecule has 1 N–H and O–H groups in total. The monoisotopic (exact) mass is 361 g/mol. The number of rotatable bonds is 4. The van der Waals surface area contributed by atoms with E-state index in [4.69, 9.17) is 0 Å². The fourth-order valence-electron chi connectivity index (χ4n) is 3.40. The molecule has 0 saturated carbocycles. The first-order valence-electron chi connectivity index (χ1n) is 9.01. The minimum absolute atomic E-state index is 0.0843. The molecule has 2 heterocycles. The maximum Gasteiger partial charge on any atom is 0.242 e. The number of likely N-dealkylation sites (N-methyl/N-ethyl adjacent to an activating group) is 1. The van der Waals surface area contributed by atoms with Crippen LogP contribution in [0.2, 0.25) is 0 Å². The zero-order valence-electron chi connectivity index (χ0n) is 15.6. The third kappa shape index (κ3) is 3.51. The van der Waals surface area contributed by atoms with Gasteiger partial charge < -0.3 is 15.1 Å². The predicted octanol–water partition coefficient (Wildman–Crippen LogP) is 3.14. The number of nitrogens with zero attached hydrogens (tertiary/aromatic N) is 4. The molecule has 0 saturated heterocycles. The summed E-state index contributed by atoms with van der Waals surface area (Å²) in [5.41, 5.74) is 4.21. The molecule has 138 valence electrons.